The van der Waals surface area contributed by atoms with Crippen LogP contribution in [0.15, 0.2) is 78.4 Å². The molecule has 1 aliphatic rings. The second-order valence-corrected chi connectivity index (χ2v) is 7.90. The van der Waals surface area contributed by atoms with E-state index < -0.39 is 23.7 Å². The summed E-state index contributed by atoms with van der Waals surface area (Å²) < 4.78 is 10.3. The summed E-state index contributed by atoms with van der Waals surface area (Å²) >= 11 is 5.97. The van der Waals surface area contributed by atoms with Crippen molar-refractivity contribution in [3.8, 4) is 5.75 Å². The number of amides is 1. The number of carbonyl (C=O) groups is 3. The molecule has 0 aliphatic carbocycles. The number of anilines is 1. The van der Waals surface area contributed by atoms with Crippen molar-refractivity contribution in [3.63, 3.8) is 0 Å². The van der Waals surface area contributed by atoms with Gasteiger partial charge in [0.15, 0.2) is 0 Å². The number of carbonyl (C=O) groups excluding carboxylic acids is 3. The van der Waals surface area contributed by atoms with Crippen molar-refractivity contribution in [3.05, 3.63) is 100 Å². The first-order valence-corrected chi connectivity index (χ1v) is 10.6. The third-order valence-corrected chi connectivity index (χ3v) is 5.79. The van der Waals surface area contributed by atoms with Crippen molar-refractivity contribution in [2.45, 2.75) is 6.04 Å². The minimum atomic E-state index is -1.01. The Hall–Kier alpha value is -4.10. The molecule has 34 heavy (non-hydrogen) atoms. The van der Waals surface area contributed by atoms with Crippen molar-refractivity contribution in [2.24, 2.45) is 0 Å². The summed E-state index contributed by atoms with van der Waals surface area (Å²) in [5, 5.41) is 11.6. The smallest absolute Gasteiger partial charge is 0.337 e. The van der Waals surface area contributed by atoms with Gasteiger partial charge in [-0.25, -0.2) is 4.79 Å². The molecule has 0 radical (unpaired) electrons. The lowest BCUT2D eigenvalue weighted by Crippen LogP contribution is -2.29. The number of hydrogen-bond acceptors (Lipinski definition) is 6. The molecule has 1 atom stereocenters. The molecule has 1 fully saturated rings. The van der Waals surface area contributed by atoms with Gasteiger partial charge in [0, 0.05) is 21.8 Å². The maximum Gasteiger partial charge on any atom is 0.337 e. The molecule has 3 aromatic rings. The van der Waals surface area contributed by atoms with Gasteiger partial charge in [-0.2, -0.15) is 0 Å². The number of benzene rings is 3. The zero-order valence-electron chi connectivity index (χ0n) is 18.3. The lowest BCUT2D eigenvalue weighted by molar-refractivity contribution is -0.132. The van der Waals surface area contributed by atoms with E-state index in [9.17, 15) is 19.5 Å². The van der Waals surface area contributed by atoms with Crippen LogP contribution in [-0.2, 0) is 14.3 Å². The molecular weight excluding hydrogens is 458 g/mol. The maximum atomic E-state index is 13.3. The zero-order chi connectivity index (χ0) is 24.4. The van der Waals surface area contributed by atoms with Crippen LogP contribution in [0, 0.1) is 0 Å². The molecule has 1 aliphatic heterocycles. The molecule has 1 N–H and O–H groups in total. The van der Waals surface area contributed by atoms with Crippen LogP contribution in [0.2, 0.25) is 5.02 Å². The van der Waals surface area contributed by atoms with Gasteiger partial charge in [-0.1, -0.05) is 35.9 Å². The van der Waals surface area contributed by atoms with Crippen molar-refractivity contribution >= 4 is 40.7 Å². The highest BCUT2D eigenvalue weighted by Crippen LogP contribution is 2.45. The zero-order valence-corrected chi connectivity index (χ0v) is 19.1. The third kappa shape index (κ3) is 4.02. The Morgan fingerprint density at radius 2 is 1.65 bits per heavy atom. The second-order valence-electron chi connectivity index (χ2n) is 7.46. The highest BCUT2D eigenvalue weighted by molar-refractivity contribution is 6.51. The van der Waals surface area contributed by atoms with Crippen LogP contribution >= 0.6 is 11.6 Å². The number of aliphatic hydroxyl groups excluding tert-OH is 1. The monoisotopic (exact) mass is 477 g/mol. The van der Waals surface area contributed by atoms with E-state index in [1.807, 2.05) is 0 Å². The summed E-state index contributed by atoms with van der Waals surface area (Å²) in [6, 6.07) is 18.3. The standard InChI is InChI=1S/C26H20ClNO6/c1-33-20-9-4-3-8-19(20)22-21(23(29)15-10-12-17(27)13-11-15)24(30)25(31)28(22)18-7-5-6-16(14-18)26(32)34-2/h3-14,22,29H,1-2H3/b23-21+. The lowest BCUT2D eigenvalue weighted by atomic mass is 9.94. The summed E-state index contributed by atoms with van der Waals surface area (Å²) in [7, 11) is 2.73. The maximum absolute atomic E-state index is 13.3. The van der Waals surface area contributed by atoms with Gasteiger partial charge in [0.25, 0.3) is 11.7 Å². The molecular formula is C26H20ClNO6. The molecule has 4 rings (SSSR count). The Morgan fingerprint density at radius 1 is 0.941 bits per heavy atom. The Morgan fingerprint density at radius 3 is 2.32 bits per heavy atom. The molecule has 172 valence electrons. The summed E-state index contributed by atoms with van der Waals surface area (Å²) in [5.41, 5.74) is 1.20. The first kappa shape index (κ1) is 23.1. The minimum Gasteiger partial charge on any atom is -0.507 e. The van der Waals surface area contributed by atoms with Crippen LogP contribution in [0.1, 0.15) is 27.5 Å². The molecule has 1 heterocycles. The average Bonchev–Trinajstić information content (AvgIpc) is 3.13. The van der Waals surface area contributed by atoms with Crippen molar-refractivity contribution < 1.29 is 29.0 Å². The van der Waals surface area contributed by atoms with Crippen molar-refractivity contribution in [1.29, 1.82) is 0 Å². The largest absolute Gasteiger partial charge is 0.507 e. The summed E-state index contributed by atoms with van der Waals surface area (Å²) in [4.78, 5) is 39.9. The molecule has 1 unspecified atom stereocenters. The highest BCUT2D eigenvalue weighted by Gasteiger charge is 2.48. The minimum absolute atomic E-state index is 0.111. The molecule has 3 aromatic carbocycles. The van der Waals surface area contributed by atoms with Crippen LogP contribution in [0.4, 0.5) is 5.69 Å². The number of rotatable bonds is 5. The Labute approximate surface area is 200 Å². The third-order valence-electron chi connectivity index (χ3n) is 5.54. The number of ether oxygens (including phenoxy) is 2. The number of halogens is 1. The summed E-state index contributed by atoms with van der Waals surface area (Å²) in [5.74, 6) is -2.24. The van der Waals surface area contributed by atoms with Gasteiger partial charge in [0.1, 0.15) is 11.5 Å². The van der Waals surface area contributed by atoms with Gasteiger partial charge in [-0.15, -0.1) is 0 Å². The molecule has 0 bridgehead atoms. The summed E-state index contributed by atoms with van der Waals surface area (Å²) in [6.45, 7) is 0. The van der Waals surface area contributed by atoms with Gasteiger partial charge in [-0.3, -0.25) is 14.5 Å². The van der Waals surface area contributed by atoms with Crippen LogP contribution in [0.5, 0.6) is 5.75 Å². The van der Waals surface area contributed by atoms with E-state index in [-0.39, 0.29) is 22.6 Å². The van der Waals surface area contributed by atoms with E-state index in [0.717, 1.165) is 0 Å². The molecule has 1 saturated heterocycles. The van der Waals surface area contributed by atoms with Crippen molar-refractivity contribution in [2.75, 3.05) is 19.1 Å². The molecule has 8 heteroatoms. The Balaban J connectivity index is 1.97. The fourth-order valence-electron chi connectivity index (χ4n) is 3.95. The van der Waals surface area contributed by atoms with E-state index >= 15 is 0 Å². The summed E-state index contributed by atoms with van der Waals surface area (Å²) in [6.07, 6.45) is 0. The number of aliphatic hydroxyl groups is 1. The predicted molar refractivity (Wildman–Crippen MR) is 127 cm³/mol. The van der Waals surface area contributed by atoms with E-state index in [0.29, 0.717) is 21.9 Å². The molecule has 0 aromatic heterocycles. The normalized spacial score (nSPS) is 17.0. The number of ketones is 1. The van der Waals surface area contributed by atoms with Crippen LogP contribution in [-0.4, -0.2) is 37.0 Å². The van der Waals surface area contributed by atoms with Crippen LogP contribution < -0.4 is 9.64 Å². The lowest BCUT2D eigenvalue weighted by Gasteiger charge is -2.27. The average molecular weight is 478 g/mol. The Bertz CT molecular complexity index is 1310. The van der Waals surface area contributed by atoms with E-state index in [1.54, 1.807) is 60.7 Å². The second kappa shape index (κ2) is 9.41. The highest BCUT2D eigenvalue weighted by atomic mass is 35.5. The number of hydrogen-bond donors (Lipinski definition) is 1. The van der Waals surface area contributed by atoms with Gasteiger partial charge in [0.2, 0.25) is 0 Å². The van der Waals surface area contributed by atoms with Gasteiger partial charge in [0.05, 0.1) is 31.4 Å². The predicted octanol–water partition coefficient (Wildman–Crippen LogP) is 4.76. The first-order valence-electron chi connectivity index (χ1n) is 10.3. The number of methoxy groups -OCH3 is 2. The Kier molecular flexibility index (Phi) is 6.38. The topological polar surface area (TPSA) is 93.1 Å². The fourth-order valence-corrected chi connectivity index (χ4v) is 4.08. The number of nitrogens with zero attached hydrogens (tertiary/aromatic N) is 1. The van der Waals surface area contributed by atoms with E-state index in [1.165, 1.54) is 31.3 Å². The molecule has 0 spiro atoms. The first-order chi connectivity index (χ1) is 16.4. The number of Topliss-reactive ketones (excluding diaryl/α,β-unsaturated/α-hetero) is 1. The van der Waals surface area contributed by atoms with E-state index in [2.05, 4.69) is 0 Å². The fraction of sp³-hybridized carbons (Fsp3) is 0.115. The number of para-hydroxylation sites is 1. The van der Waals surface area contributed by atoms with Gasteiger partial charge in [-0.05, 0) is 48.5 Å². The van der Waals surface area contributed by atoms with Crippen LogP contribution in [0.3, 0.4) is 0 Å². The van der Waals surface area contributed by atoms with Crippen molar-refractivity contribution in [1.82, 2.24) is 0 Å². The van der Waals surface area contributed by atoms with Gasteiger partial charge >= 0.3 is 5.97 Å². The SMILES string of the molecule is COC(=O)c1cccc(N2C(=O)C(=O)/C(=C(/O)c3ccc(Cl)cc3)C2c2ccccc2OC)c1. The molecule has 7 nitrogen and oxygen atoms in total. The van der Waals surface area contributed by atoms with Crippen LogP contribution in [0.25, 0.3) is 5.76 Å². The molecule has 0 saturated carbocycles. The quantitative estimate of drug-likeness (QED) is 0.246. The van der Waals surface area contributed by atoms with Gasteiger partial charge < -0.3 is 14.6 Å². The number of esters is 1. The molecule has 1 amide bonds. The van der Waals surface area contributed by atoms with E-state index in [4.69, 9.17) is 21.1 Å².